The molecule has 2 rings (SSSR count). The van der Waals surface area contributed by atoms with Crippen molar-refractivity contribution in [1.82, 2.24) is 20.7 Å². The van der Waals surface area contributed by atoms with Crippen LogP contribution >= 0.6 is 0 Å². The lowest BCUT2D eigenvalue weighted by Gasteiger charge is -2.09. The molecule has 0 atom stereocenters. The Morgan fingerprint density at radius 3 is 2.48 bits per heavy atom. The van der Waals surface area contributed by atoms with Crippen molar-refractivity contribution in [2.75, 3.05) is 6.54 Å². The maximum absolute atomic E-state index is 13.4. The fraction of sp³-hybridized carbons (Fsp3) is 0.188. The van der Waals surface area contributed by atoms with Gasteiger partial charge in [-0.25, -0.2) is 8.78 Å². The zero-order valence-corrected chi connectivity index (χ0v) is 13.3. The number of hydrogen-bond acceptors (Lipinski definition) is 3. The Balaban J connectivity index is 1.74. The normalized spacial score (nSPS) is 10.2. The molecule has 0 aliphatic heterocycles. The van der Waals surface area contributed by atoms with Gasteiger partial charge < -0.3 is 9.88 Å². The van der Waals surface area contributed by atoms with Crippen molar-refractivity contribution in [2.24, 2.45) is 7.05 Å². The summed E-state index contributed by atoms with van der Waals surface area (Å²) in [6, 6.07) is 5.84. The van der Waals surface area contributed by atoms with Crippen molar-refractivity contribution < 1.29 is 23.2 Å². The van der Waals surface area contributed by atoms with Crippen molar-refractivity contribution >= 4 is 17.7 Å². The summed E-state index contributed by atoms with van der Waals surface area (Å²) in [5.74, 6) is -3.57. The molecular formula is C16H16F2N4O3. The number of carbonyl (C=O) groups excluding carboxylic acids is 3. The molecule has 132 valence electrons. The molecule has 0 saturated heterocycles. The number of rotatable bonds is 5. The SMILES string of the molecule is Cn1cccc1C(=O)NNC(=O)CCNC(=O)c1ccc(F)cc1F. The highest BCUT2D eigenvalue weighted by Gasteiger charge is 2.13. The summed E-state index contributed by atoms with van der Waals surface area (Å²) in [6.07, 6.45) is 1.54. The Morgan fingerprint density at radius 1 is 1.08 bits per heavy atom. The molecule has 1 heterocycles. The van der Waals surface area contributed by atoms with Crippen LogP contribution in [0.3, 0.4) is 0 Å². The van der Waals surface area contributed by atoms with Gasteiger partial charge in [-0.2, -0.15) is 0 Å². The molecule has 1 aromatic heterocycles. The molecule has 0 radical (unpaired) electrons. The lowest BCUT2D eigenvalue weighted by molar-refractivity contribution is -0.121. The highest BCUT2D eigenvalue weighted by Crippen LogP contribution is 2.09. The fourth-order valence-electron chi connectivity index (χ4n) is 2.01. The van der Waals surface area contributed by atoms with E-state index in [9.17, 15) is 23.2 Å². The van der Waals surface area contributed by atoms with E-state index < -0.39 is 29.4 Å². The lowest BCUT2D eigenvalue weighted by Crippen LogP contribution is -2.43. The van der Waals surface area contributed by atoms with Crippen molar-refractivity contribution in [1.29, 1.82) is 0 Å². The molecule has 3 amide bonds. The van der Waals surface area contributed by atoms with Crippen LogP contribution in [0.1, 0.15) is 27.3 Å². The molecule has 0 aliphatic rings. The van der Waals surface area contributed by atoms with E-state index in [1.807, 2.05) is 0 Å². The van der Waals surface area contributed by atoms with E-state index in [4.69, 9.17) is 0 Å². The first kappa shape index (κ1) is 18.1. The molecule has 2 aromatic rings. The summed E-state index contributed by atoms with van der Waals surface area (Å²) in [7, 11) is 1.68. The molecule has 25 heavy (non-hydrogen) atoms. The molecule has 0 spiro atoms. The van der Waals surface area contributed by atoms with Crippen molar-refractivity contribution in [2.45, 2.75) is 6.42 Å². The van der Waals surface area contributed by atoms with Crippen molar-refractivity contribution in [3.05, 3.63) is 59.4 Å². The van der Waals surface area contributed by atoms with Crippen molar-refractivity contribution in [3.8, 4) is 0 Å². The predicted molar refractivity (Wildman–Crippen MR) is 84.3 cm³/mol. The molecule has 9 heteroatoms. The Bertz CT molecular complexity index is 804. The standard InChI is InChI=1S/C16H16F2N4O3/c1-22-8-2-3-13(22)16(25)21-20-14(23)6-7-19-15(24)11-5-4-10(17)9-12(11)18/h2-5,8-9H,6-7H2,1H3,(H,19,24)(H,20,23)(H,21,25). The summed E-state index contributed by atoms with van der Waals surface area (Å²) in [5.41, 5.74) is 4.48. The highest BCUT2D eigenvalue weighted by atomic mass is 19.1. The van der Waals surface area contributed by atoms with Gasteiger partial charge in [0.25, 0.3) is 11.8 Å². The van der Waals surface area contributed by atoms with E-state index in [1.165, 1.54) is 0 Å². The van der Waals surface area contributed by atoms with Gasteiger partial charge in [-0.05, 0) is 24.3 Å². The third-order valence-corrected chi connectivity index (χ3v) is 3.31. The van der Waals surface area contributed by atoms with Crippen LogP contribution in [-0.2, 0) is 11.8 Å². The third kappa shape index (κ3) is 4.87. The van der Waals surface area contributed by atoms with Crippen LogP contribution in [0.15, 0.2) is 36.5 Å². The van der Waals surface area contributed by atoms with Gasteiger partial charge in [-0.3, -0.25) is 25.2 Å². The van der Waals surface area contributed by atoms with Gasteiger partial charge in [0.15, 0.2) is 0 Å². The number of hydrazine groups is 1. The van der Waals surface area contributed by atoms with E-state index >= 15 is 0 Å². The van der Waals surface area contributed by atoms with E-state index in [0.717, 1.165) is 12.1 Å². The average Bonchev–Trinajstić information content (AvgIpc) is 2.98. The molecule has 0 fully saturated rings. The number of nitrogens with zero attached hydrogens (tertiary/aromatic N) is 1. The van der Waals surface area contributed by atoms with Gasteiger partial charge in [-0.15, -0.1) is 0 Å². The largest absolute Gasteiger partial charge is 0.351 e. The van der Waals surface area contributed by atoms with Gasteiger partial charge in [0.05, 0.1) is 5.56 Å². The molecule has 0 saturated carbocycles. The minimum Gasteiger partial charge on any atom is -0.351 e. The number of amides is 3. The zero-order valence-electron chi connectivity index (χ0n) is 13.3. The Kier molecular flexibility index (Phi) is 5.83. The molecule has 3 N–H and O–H groups in total. The van der Waals surface area contributed by atoms with Crippen LogP contribution in [0.5, 0.6) is 0 Å². The third-order valence-electron chi connectivity index (χ3n) is 3.31. The van der Waals surface area contributed by atoms with E-state index in [-0.39, 0.29) is 18.5 Å². The first-order chi connectivity index (χ1) is 11.9. The maximum atomic E-state index is 13.4. The maximum Gasteiger partial charge on any atom is 0.286 e. The summed E-state index contributed by atoms with van der Waals surface area (Å²) in [6.45, 7) is -0.0818. The minimum absolute atomic E-state index is 0.0818. The number of aromatic nitrogens is 1. The highest BCUT2D eigenvalue weighted by molar-refractivity contribution is 5.95. The van der Waals surface area contributed by atoms with E-state index in [2.05, 4.69) is 16.2 Å². The quantitative estimate of drug-likeness (QED) is 0.699. The van der Waals surface area contributed by atoms with Gasteiger partial charge in [0.1, 0.15) is 17.3 Å². The van der Waals surface area contributed by atoms with Gasteiger partial charge >= 0.3 is 0 Å². The minimum atomic E-state index is -0.989. The molecule has 0 aliphatic carbocycles. The van der Waals surface area contributed by atoms with Crippen LogP contribution in [-0.4, -0.2) is 28.8 Å². The smallest absolute Gasteiger partial charge is 0.286 e. The monoisotopic (exact) mass is 350 g/mol. The second kappa shape index (κ2) is 8.04. The molecule has 1 aromatic carbocycles. The lowest BCUT2D eigenvalue weighted by atomic mass is 10.2. The summed E-state index contributed by atoms with van der Waals surface area (Å²) in [4.78, 5) is 35.1. The first-order valence-corrected chi connectivity index (χ1v) is 7.32. The summed E-state index contributed by atoms with van der Waals surface area (Å²) >= 11 is 0. The second-order valence-corrected chi connectivity index (χ2v) is 5.14. The predicted octanol–water partition coefficient (Wildman–Crippen LogP) is 0.884. The van der Waals surface area contributed by atoms with Crippen LogP contribution in [0.25, 0.3) is 0 Å². The average molecular weight is 350 g/mol. The van der Waals surface area contributed by atoms with Crippen LogP contribution in [0.4, 0.5) is 8.78 Å². The van der Waals surface area contributed by atoms with Gasteiger partial charge in [0.2, 0.25) is 5.91 Å². The number of aryl methyl sites for hydroxylation is 1. The summed E-state index contributed by atoms with van der Waals surface area (Å²) in [5, 5.41) is 2.34. The van der Waals surface area contributed by atoms with E-state index in [0.29, 0.717) is 11.8 Å². The Morgan fingerprint density at radius 2 is 1.84 bits per heavy atom. The Hall–Kier alpha value is -3.23. The molecule has 0 bridgehead atoms. The Labute approximate surface area is 142 Å². The molecule has 0 unspecified atom stereocenters. The number of hydrogen-bond donors (Lipinski definition) is 3. The zero-order chi connectivity index (χ0) is 18.4. The van der Waals surface area contributed by atoms with Crippen LogP contribution < -0.4 is 16.2 Å². The fourth-order valence-corrected chi connectivity index (χ4v) is 2.01. The van der Waals surface area contributed by atoms with Crippen LogP contribution in [0.2, 0.25) is 0 Å². The summed E-state index contributed by atoms with van der Waals surface area (Å²) < 4.78 is 27.8. The molecule has 7 nitrogen and oxygen atoms in total. The van der Waals surface area contributed by atoms with Crippen molar-refractivity contribution in [3.63, 3.8) is 0 Å². The van der Waals surface area contributed by atoms with Gasteiger partial charge in [0, 0.05) is 32.3 Å². The van der Waals surface area contributed by atoms with Gasteiger partial charge in [-0.1, -0.05) is 0 Å². The first-order valence-electron chi connectivity index (χ1n) is 7.32. The topological polar surface area (TPSA) is 92.2 Å². The number of halogens is 2. The number of nitrogens with one attached hydrogen (secondary N) is 3. The van der Waals surface area contributed by atoms with E-state index in [1.54, 1.807) is 29.9 Å². The second-order valence-electron chi connectivity index (χ2n) is 5.14. The van der Waals surface area contributed by atoms with Crippen LogP contribution in [0, 0.1) is 11.6 Å². The number of benzene rings is 1. The molecular weight excluding hydrogens is 334 g/mol. The number of carbonyl (C=O) groups is 3.